The maximum Gasteiger partial charge on any atom is 0.183 e. The number of fused-ring (bicyclic) bond motifs is 1. The third-order valence-electron chi connectivity index (χ3n) is 2.92. The minimum atomic E-state index is 0.140. The van der Waals surface area contributed by atoms with Gasteiger partial charge in [0.15, 0.2) is 11.5 Å². The van der Waals surface area contributed by atoms with Crippen molar-refractivity contribution >= 4 is 17.0 Å². The molecule has 0 amide bonds. The van der Waals surface area contributed by atoms with E-state index in [0.29, 0.717) is 17.0 Å². The van der Waals surface area contributed by atoms with Gasteiger partial charge in [-0.15, -0.1) is 0 Å². The summed E-state index contributed by atoms with van der Waals surface area (Å²) in [5.41, 5.74) is 2.48. The van der Waals surface area contributed by atoms with Crippen LogP contribution < -0.4 is 5.32 Å². The Labute approximate surface area is 110 Å². The highest BCUT2D eigenvalue weighted by molar-refractivity contribution is 5.81. The predicted octanol–water partition coefficient (Wildman–Crippen LogP) is 2.59. The fourth-order valence-corrected chi connectivity index (χ4v) is 1.93. The molecule has 0 unspecified atom stereocenters. The molecule has 0 saturated carbocycles. The Balaban J connectivity index is 1.94. The van der Waals surface area contributed by atoms with Crippen LogP contribution in [0.15, 0.2) is 49.1 Å². The van der Waals surface area contributed by atoms with Crippen LogP contribution in [0.2, 0.25) is 0 Å². The second-order valence-corrected chi connectivity index (χ2v) is 4.23. The molecule has 0 spiro atoms. The summed E-state index contributed by atoms with van der Waals surface area (Å²) in [6.07, 6.45) is 4.76. The van der Waals surface area contributed by atoms with E-state index in [9.17, 15) is 0 Å². The SMILES string of the molecule is C[C@@H](Nc1ncnc2nccnc12)c1ccccc1. The van der Waals surface area contributed by atoms with E-state index in [4.69, 9.17) is 0 Å². The van der Waals surface area contributed by atoms with Crippen molar-refractivity contribution in [3.8, 4) is 0 Å². The lowest BCUT2D eigenvalue weighted by atomic mass is 10.1. The summed E-state index contributed by atoms with van der Waals surface area (Å²) < 4.78 is 0. The van der Waals surface area contributed by atoms with Gasteiger partial charge in [-0.3, -0.25) is 0 Å². The van der Waals surface area contributed by atoms with Crippen LogP contribution in [-0.4, -0.2) is 19.9 Å². The average molecular weight is 251 g/mol. The molecule has 1 aromatic carbocycles. The molecule has 0 saturated heterocycles. The van der Waals surface area contributed by atoms with Gasteiger partial charge in [0.2, 0.25) is 0 Å². The number of rotatable bonds is 3. The molecule has 19 heavy (non-hydrogen) atoms. The van der Waals surface area contributed by atoms with Crippen molar-refractivity contribution < 1.29 is 0 Å². The molecule has 0 aliphatic heterocycles. The number of nitrogens with zero attached hydrogens (tertiary/aromatic N) is 4. The van der Waals surface area contributed by atoms with Crippen LogP contribution in [0.25, 0.3) is 11.2 Å². The first-order valence-corrected chi connectivity index (χ1v) is 6.08. The van der Waals surface area contributed by atoms with E-state index < -0.39 is 0 Å². The van der Waals surface area contributed by atoms with Crippen LogP contribution in [0.3, 0.4) is 0 Å². The minimum Gasteiger partial charge on any atom is -0.362 e. The topological polar surface area (TPSA) is 63.6 Å². The van der Waals surface area contributed by atoms with Gasteiger partial charge in [0.05, 0.1) is 6.04 Å². The summed E-state index contributed by atoms with van der Waals surface area (Å²) in [5.74, 6) is 0.703. The van der Waals surface area contributed by atoms with Crippen molar-refractivity contribution in [2.45, 2.75) is 13.0 Å². The largest absolute Gasteiger partial charge is 0.362 e. The minimum absolute atomic E-state index is 0.140. The van der Waals surface area contributed by atoms with Crippen LogP contribution in [0.5, 0.6) is 0 Å². The molecule has 2 heterocycles. The predicted molar refractivity (Wildman–Crippen MR) is 73.6 cm³/mol. The molecule has 94 valence electrons. The molecular formula is C14H13N5. The van der Waals surface area contributed by atoms with E-state index in [1.807, 2.05) is 18.2 Å². The van der Waals surface area contributed by atoms with Crippen molar-refractivity contribution in [1.82, 2.24) is 19.9 Å². The molecule has 1 N–H and O–H groups in total. The van der Waals surface area contributed by atoms with Crippen LogP contribution in [0.1, 0.15) is 18.5 Å². The highest BCUT2D eigenvalue weighted by Gasteiger charge is 2.09. The second-order valence-electron chi connectivity index (χ2n) is 4.23. The molecule has 3 aromatic rings. The first-order chi connectivity index (χ1) is 9.34. The molecule has 5 nitrogen and oxygen atoms in total. The number of hydrogen-bond donors (Lipinski definition) is 1. The van der Waals surface area contributed by atoms with Crippen LogP contribution in [-0.2, 0) is 0 Å². The van der Waals surface area contributed by atoms with Gasteiger partial charge in [-0.25, -0.2) is 19.9 Å². The summed E-state index contributed by atoms with van der Waals surface area (Å²) >= 11 is 0. The van der Waals surface area contributed by atoms with Gasteiger partial charge in [-0.05, 0) is 12.5 Å². The van der Waals surface area contributed by atoms with Crippen molar-refractivity contribution in [1.29, 1.82) is 0 Å². The zero-order valence-electron chi connectivity index (χ0n) is 10.5. The summed E-state index contributed by atoms with van der Waals surface area (Å²) in [6, 6.07) is 10.3. The van der Waals surface area contributed by atoms with Gasteiger partial charge in [0.25, 0.3) is 0 Å². The quantitative estimate of drug-likeness (QED) is 0.775. The standard InChI is InChI=1S/C14H13N5/c1-10(11-5-3-2-4-6-11)19-14-12-13(17-9-18-14)16-8-7-15-12/h2-10H,1H3,(H,16,17,18,19)/t10-/m1/s1. The zero-order chi connectivity index (χ0) is 13.1. The van der Waals surface area contributed by atoms with Crippen molar-refractivity contribution in [3.05, 3.63) is 54.6 Å². The van der Waals surface area contributed by atoms with Gasteiger partial charge in [-0.1, -0.05) is 30.3 Å². The number of anilines is 1. The van der Waals surface area contributed by atoms with E-state index >= 15 is 0 Å². The Morgan fingerprint density at radius 1 is 0.947 bits per heavy atom. The maximum atomic E-state index is 4.28. The van der Waals surface area contributed by atoms with E-state index in [1.165, 1.54) is 11.9 Å². The Morgan fingerprint density at radius 2 is 1.74 bits per heavy atom. The lowest BCUT2D eigenvalue weighted by Gasteiger charge is -2.15. The molecule has 0 aliphatic carbocycles. The first-order valence-electron chi connectivity index (χ1n) is 6.08. The maximum absolute atomic E-state index is 4.28. The van der Waals surface area contributed by atoms with E-state index in [2.05, 4.69) is 44.3 Å². The molecule has 2 aromatic heterocycles. The lowest BCUT2D eigenvalue weighted by molar-refractivity contribution is 0.874. The van der Waals surface area contributed by atoms with Gasteiger partial charge in [0, 0.05) is 12.4 Å². The summed E-state index contributed by atoms with van der Waals surface area (Å²) in [4.78, 5) is 16.8. The average Bonchev–Trinajstić information content (AvgIpc) is 2.48. The molecule has 0 aliphatic rings. The smallest absolute Gasteiger partial charge is 0.183 e. The molecular weight excluding hydrogens is 238 g/mol. The Hall–Kier alpha value is -2.56. The van der Waals surface area contributed by atoms with E-state index in [1.54, 1.807) is 12.4 Å². The Morgan fingerprint density at radius 3 is 2.58 bits per heavy atom. The summed E-state index contributed by atoms with van der Waals surface area (Å²) in [7, 11) is 0. The molecule has 0 bridgehead atoms. The normalized spacial score (nSPS) is 12.3. The Bertz CT molecular complexity index is 678. The summed E-state index contributed by atoms with van der Waals surface area (Å²) in [6.45, 7) is 2.08. The second kappa shape index (κ2) is 4.97. The summed E-state index contributed by atoms with van der Waals surface area (Å²) in [5, 5.41) is 3.35. The Kier molecular flexibility index (Phi) is 3.02. The number of nitrogens with one attached hydrogen (secondary N) is 1. The van der Waals surface area contributed by atoms with Crippen molar-refractivity contribution in [3.63, 3.8) is 0 Å². The number of benzene rings is 1. The van der Waals surface area contributed by atoms with Crippen LogP contribution in [0, 0.1) is 0 Å². The van der Waals surface area contributed by atoms with Crippen LogP contribution in [0.4, 0.5) is 5.82 Å². The van der Waals surface area contributed by atoms with Gasteiger partial charge in [-0.2, -0.15) is 0 Å². The van der Waals surface area contributed by atoms with E-state index in [0.717, 1.165) is 0 Å². The molecule has 3 rings (SSSR count). The zero-order valence-corrected chi connectivity index (χ0v) is 10.5. The van der Waals surface area contributed by atoms with Crippen LogP contribution >= 0.6 is 0 Å². The van der Waals surface area contributed by atoms with Gasteiger partial charge in [0.1, 0.15) is 11.8 Å². The molecule has 0 radical (unpaired) electrons. The van der Waals surface area contributed by atoms with Gasteiger partial charge < -0.3 is 5.32 Å². The fraction of sp³-hybridized carbons (Fsp3) is 0.143. The highest BCUT2D eigenvalue weighted by Crippen LogP contribution is 2.21. The first kappa shape index (κ1) is 11.5. The molecule has 5 heteroatoms. The highest BCUT2D eigenvalue weighted by atomic mass is 15.1. The lowest BCUT2D eigenvalue weighted by Crippen LogP contribution is -2.09. The third kappa shape index (κ3) is 2.35. The number of aromatic nitrogens is 4. The van der Waals surface area contributed by atoms with Crippen molar-refractivity contribution in [2.24, 2.45) is 0 Å². The molecule has 1 atom stereocenters. The van der Waals surface area contributed by atoms with E-state index in [-0.39, 0.29) is 6.04 Å². The van der Waals surface area contributed by atoms with Gasteiger partial charge >= 0.3 is 0 Å². The fourth-order valence-electron chi connectivity index (χ4n) is 1.93. The third-order valence-corrected chi connectivity index (χ3v) is 2.92. The monoisotopic (exact) mass is 251 g/mol. The van der Waals surface area contributed by atoms with Crippen molar-refractivity contribution in [2.75, 3.05) is 5.32 Å². The number of hydrogen-bond acceptors (Lipinski definition) is 5. The molecule has 0 fully saturated rings.